The van der Waals surface area contributed by atoms with Crippen molar-refractivity contribution in [3.63, 3.8) is 0 Å². The smallest absolute Gasteiger partial charge is 0.0349 e. The molecule has 4 atom stereocenters. The summed E-state index contributed by atoms with van der Waals surface area (Å²) in [5, 5.41) is 0. The van der Waals surface area contributed by atoms with E-state index in [0.717, 1.165) is 17.8 Å². The van der Waals surface area contributed by atoms with Crippen molar-refractivity contribution in [2.24, 2.45) is 35.5 Å². The Bertz CT molecular complexity index is 202. The minimum atomic E-state index is 1.08. The molecule has 0 amide bonds. The molecule has 3 aliphatic rings. The summed E-state index contributed by atoms with van der Waals surface area (Å²) in [5.41, 5.74) is 0. The molecule has 0 aliphatic heterocycles. The van der Waals surface area contributed by atoms with Gasteiger partial charge in [-0.05, 0) is 61.2 Å². The van der Waals surface area contributed by atoms with E-state index < -0.39 is 0 Å². The Hall–Kier alpha value is 0. The fourth-order valence-corrected chi connectivity index (χ4v) is 4.17. The zero-order valence-corrected chi connectivity index (χ0v) is 9.00. The molecule has 4 unspecified atom stereocenters. The highest BCUT2D eigenvalue weighted by Gasteiger charge is 2.55. The molecule has 0 saturated heterocycles. The number of rotatable bonds is 2. The lowest BCUT2D eigenvalue weighted by molar-refractivity contribution is 0.107. The Balaban J connectivity index is 1.57. The van der Waals surface area contributed by atoms with Gasteiger partial charge in [-0.3, -0.25) is 0 Å². The van der Waals surface area contributed by atoms with Crippen LogP contribution in [-0.4, -0.2) is 0 Å². The summed E-state index contributed by atoms with van der Waals surface area (Å²) in [6.45, 7) is 4.85. The van der Waals surface area contributed by atoms with Gasteiger partial charge in [0.25, 0.3) is 0 Å². The van der Waals surface area contributed by atoms with Crippen LogP contribution in [-0.2, 0) is 0 Å². The fraction of sp³-hybridized carbons (Fsp3) is 1.00. The zero-order chi connectivity index (χ0) is 9.00. The van der Waals surface area contributed by atoms with E-state index >= 15 is 0 Å². The first-order chi connectivity index (χ1) is 6.29. The molecule has 0 aromatic rings. The average Bonchev–Trinajstić information content (AvgIpc) is 2.73. The molecule has 0 aromatic heterocycles. The van der Waals surface area contributed by atoms with Crippen molar-refractivity contribution in [3.05, 3.63) is 0 Å². The van der Waals surface area contributed by atoms with Gasteiger partial charge in [-0.2, -0.15) is 0 Å². The molecule has 0 aromatic carbocycles. The third-order valence-electron chi connectivity index (χ3n) is 5.27. The predicted octanol–water partition coefficient (Wildman–Crippen LogP) is 3.71. The van der Waals surface area contributed by atoms with Crippen LogP contribution < -0.4 is 0 Å². The Morgan fingerprint density at radius 1 is 0.923 bits per heavy atom. The van der Waals surface area contributed by atoms with Gasteiger partial charge in [0.2, 0.25) is 0 Å². The van der Waals surface area contributed by atoms with Crippen LogP contribution in [0.25, 0.3) is 0 Å². The third kappa shape index (κ3) is 1.17. The summed E-state index contributed by atoms with van der Waals surface area (Å²) in [7, 11) is 0. The molecule has 3 rings (SSSR count). The van der Waals surface area contributed by atoms with Gasteiger partial charge in [-0.1, -0.05) is 20.3 Å². The standard InChI is InChI=1S/C13H22/c1-3-9-5-10(6-9)12-4-8(2)11-7-13(11)12/h8-13H,3-7H2,1-2H3. The molecule has 0 spiro atoms. The lowest BCUT2D eigenvalue weighted by Crippen LogP contribution is -2.30. The van der Waals surface area contributed by atoms with Gasteiger partial charge in [0.05, 0.1) is 0 Å². The van der Waals surface area contributed by atoms with Crippen LogP contribution in [0, 0.1) is 35.5 Å². The molecular weight excluding hydrogens is 156 g/mol. The van der Waals surface area contributed by atoms with Crippen LogP contribution >= 0.6 is 0 Å². The van der Waals surface area contributed by atoms with E-state index in [-0.39, 0.29) is 0 Å². The van der Waals surface area contributed by atoms with E-state index in [9.17, 15) is 0 Å². The maximum absolute atomic E-state index is 2.49. The van der Waals surface area contributed by atoms with E-state index in [1.165, 1.54) is 24.2 Å². The number of hydrogen-bond acceptors (Lipinski definition) is 0. The quantitative estimate of drug-likeness (QED) is 0.604. The van der Waals surface area contributed by atoms with E-state index in [1.54, 1.807) is 25.7 Å². The van der Waals surface area contributed by atoms with Crippen molar-refractivity contribution in [2.75, 3.05) is 0 Å². The first-order valence-electron chi connectivity index (χ1n) is 6.29. The molecule has 0 nitrogen and oxygen atoms in total. The minimum Gasteiger partial charge on any atom is -0.0651 e. The van der Waals surface area contributed by atoms with E-state index in [1.807, 2.05) is 0 Å². The van der Waals surface area contributed by atoms with Gasteiger partial charge in [0.1, 0.15) is 0 Å². The van der Waals surface area contributed by atoms with E-state index in [2.05, 4.69) is 13.8 Å². The molecule has 0 heteroatoms. The lowest BCUT2D eigenvalue weighted by Gasteiger charge is -2.40. The SMILES string of the molecule is CCC1CC(C2CC(C)C3CC32)C1. The second-order valence-electron chi connectivity index (χ2n) is 5.95. The summed E-state index contributed by atoms with van der Waals surface area (Å²) >= 11 is 0. The van der Waals surface area contributed by atoms with Gasteiger partial charge < -0.3 is 0 Å². The molecule has 3 aliphatic carbocycles. The first-order valence-corrected chi connectivity index (χ1v) is 6.29. The van der Waals surface area contributed by atoms with Crippen LogP contribution in [0.2, 0.25) is 0 Å². The molecule has 13 heavy (non-hydrogen) atoms. The second kappa shape index (κ2) is 2.74. The summed E-state index contributed by atoms with van der Waals surface area (Å²) in [5.74, 6) is 6.88. The predicted molar refractivity (Wildman–Crippen MR) is 55.4 cm³/mol. The third-order valence-corrected chi connectivity index (χ3v) is 5.27. The van der Waals surface area contributed by atoms with Crippen molar-refractivity contribution in [1.82, 2.24) is 0 Å². The van der Waals surface area contributed by atoms with Gasteiger partial charge in [0, 0.05) is 0 Å². The van der Waals surface area contributed by atoms with Crippen molar-refractivity contribution in [3.8, 4) is 0 Å². The number of fused-ring (bicyclic) bond motifs is 1. The monoisotopic (exact) mass is 178 g/mol. The maximum Gasteiger partial charge on any atom is -0.0349 e. The van der Waals surface area contributed by atoms with Crippen LogP contribution in [0.15, 0.2) is 0 Å². The van der Waals surface area contributed by atoms with Crippen LogP contribution in [0.5, 0.6) is 0 Å². The molecular formula is C13H22. The summed E-state index contributed by atoms with van der Waals surface area (Å²) in [4.78, 5) is 0. The molecule has 0 radical (unpaired) electrons. The largest absolute Gasteiger partial charge is 0.0651 e. The highest BCUT2D eigenvalue weighted by atomic mass is 14.6. The normalized spacial score (nSPS) is 58.6. The minimum absolute atomic E-state index is 1.08. The molecule has 3 saturated carbocycles. The van der Waals surface area contributed by atoms with E-state index in [0.29, 0.717) is 0 Å². The molecule has 74 valence electrons. The second-order valence-corrected chi connectivity index (χ2v) is 5.95. The Kier molecular flexibility index (Phi) is 1.76. The van der Waals surface area contributed by atoms with Gasteiger partial charge in [-0.25, -0.2) is 0 Å². The van der Waals surface area contributed by atoms with Crippen molar-refractivity contribution >= 4 is 0 Å². The summed E-state index contributed by atoms with van der Waals surface area (Å²) < 4.78 is 0. The Morgan fingerprint density at radius 2 is 1.69 bits per heavy atom. The van der Waals surface area contributed by atoms with Gasteiger partial charge in [-0.15, -0.1) is 0 Å². The Labute approximate surface area is 82.1 Å². The zero-order valence-electron chi connectivity index (χ0n) is 9.00. The van der Waals surface area contributed by atoms with Gasteiger partial charge >= 0.3 is 0 Å². The first kappa shape index (κ1) is 8.32. The highest BCUT2D eigenvalue weighted by Crippen LogP contribution is 2.63. The maximum atomic E-state index is 2.49. The highest BCUT2D eigenvalue weighted by molar-refractivity contribution is 5.04. The van der Waals surface area contributed by atoms with Crippen molar-refractivity contribution in [2.45, 2.75) is 46.0 Å². The van der Waals surface area contributed by atoms with Gasteiger partial charge in [0.15, 0.2) is 0 Å². The van der Waals surface area contributed by atoms with Crippen LogP contribution in [0.3, 0.4) is 0 Å². The lowest BCUT2D eigenvalue weighted by atomic mass is 9.66. The van der Waals surface area contributed by atoms with Crippen molar-refractivity contribution in [1.29, 1.82) is 0 Å². The number of hydrogen-bond donors (Lipinski definition) is 0. The van der Waals surface area contributed by atoms with E-state index in [4.69, 9.17) is 0 Å². The summed E-state index contributed by atoms with van der Waals surface area (Å²) in [6.07, 6.45) is 7.77. The van der Waals surface area contributed by atoms with Crippen molar-refractivity contribution < 1.29 is 0 Å². The van der Waals surface area contributed by atoms with Crippen LogP contribution in [0.4, 0.5) is 0 Å². The topological polar surface area (TPSA) is 0 Å². The molecule has 0 bridgehead atoms. The molecule has 0 heterocycles. The Morgan fingerprint density at radius 3 is 2.15 bits per heavy atom. The molecule has 0 N–H and O–H groups in total. The fourth-order valence-electron chi connectivity index (χ4n) is 4.17. The average molecular weight is 178 g/mol. The van der Waals surface area contributed by atoms with Crippen LogP contribution in [0.1, 0.15) is 46.0 Å². The summed E-state index contributed by atoms with van der Waals surface area (Å²) in [6, 6.07) is 0. The molecule has 3 fully saturated rings.